The quantitative estimate of drug-likeness (QED) is 0.163. The molecular weight excluding hydrogens is 634 g/mol. The van der Waals surface area contributed by atoms with Crippen LogP contribution in [0.15, 0.2) is 73.1 Å². The normalized spacial score (nSPS) is 15.3. The average Bonchev–Trinajstić information content (AvgIpc) is 3.16. The number of nitrogens with zero attached hydrogens (tertiary/aromatic N) is 2. The van der Waals surface area contributed by atoms with Crippen molar-refractivity contribution in [1.82, 2.24) is 9.97 Å². The Kier molecular flexibility index (Phi) is 11.1. The number of benzene rings is 3. The van der Waals surface area contributed by atoms with Gasteiger partial charge in [0.15, 0.2) is 11.6 Å². The van der Waals surface area contributed by atoms with Crippen molar-refractivity contribution < 1.29 is 19.1 Å². The molecule has 2 aliphatic rings. The van der Waals surface area contributed by atoms with Gasteiger partial charge in [0.2, 0.25) is 0 Å². The van der Waals surface area contributed by atoms with Gasteiger partial charge in [-0.15, -0.1) is 0 Å². The molecule has 5 aromatic rings. The third-order valence-corrected chi connectivity index (χ3v) is 10.4. The summed E-state index contributed by atoms with van der Waals surface area (Å²) in [6, 6.07) is 19.6. The second-order valence-electron chi connectivity index (χ2n) is 13.1. The van der Waals surface area contributed by atoms with Crippen LogP contribution >= 0.6 is 11.6 Å². The number of aryl methyl sites for hydroxylation is 1. The fourth-order valence-electron chi connectivity index (χ4n) is 7.20. The molecule has 7 nitrogen and oxygen atoms in total. The Balaban J connectivity index is 0.000000177. The van der Waals surface area contributed by atoms with Crippen molar-refractivity contribution in [3.63, 3.8) is 0 Å². The van der Waals surface area contributed by atoms with Crippen LogP contribution in [0.5, 0.6) is 11.5 Å². The van der Waals surface area contributed by atoms with E-state index in [4.69, 9.17) is 21.1 Å². The highest BCUT2D eigenvalue weighted by molar-refractivity contribution is 6.38. The van der Waals surface area contributed by atoms with E-state index in [2.05, 4.69) is 28.3 Å². The Morgan fingerprint density at radius 1 is 0.673 bits per heavy atom. The number of hydrogen-bond acceptors (Lipinski definition) is 7. The molecule has 0 bridgehead atoms. The lowest BCUT2D eigenvalue weighted by molar-refractivity contribution is 0.0882. The largest absolute Gasteiger partial charge is 0.494 e. The second-order valence-corrected chi connectivity index (χ2v) is 13.5. The minimum absolute atomic E-state index is 0.0935. The number of methoxy groups -OCH3 is 2. The van der Waals surface area contributed by atoms with E-state index in [0.29, 0.717) is 33.2 Å². The zero-order valence-corrected chi connectivity index (χ0v) is 29.3. The smallest absolute Gasteiger partial charge is 0.169 e. The molecule has 254 valence electrons. The van der Waals surface area contributed by atoms with Gasteiger partial charge in [-0.05, 0) is 56.4 Å². The highest BCUT2D eigenvalue weighted by Crippen LogP contribution is 2.38. The van der Waals surface area contributed by atoms with Crippen molar-refractivity contribution in [2.24, 2.45) is 11.8 Å². The molecule has 0 spiro atoms. The van der Waals surface area contributed by atoms with E-state index in [1.807, 2.05) is 54.6 Å². The first kappa shape index (κ1) is 34.4. The van der Waals surface area contributed by atoms with Gasteiger partial charge in [0.05, 0.1) is 36.1 Å². The molecule has 2 aliphatic carbocycles. The van der Waals surface area contributed by atoms with E-state index in [1.165, 1.54) is 12.8 Å². The second kappa shape index (κ2) is 15.8. The molecule has 0 unspecified atom stereocenters. The van der Waals surface area contributed by atoms with Crippen molar-refractivity contribution in [1.29, 1.82) is 0 Å². The first-order valence-corrected chi connectivity index (χ1v) is 17.8. The van der Waals surface area contributed by atoms with Gasteiger partial charge in [-0.3, -0.25) is 19.6 Å². The van der Waals surface area contributed by atoms with Crippen LogP contribution in [0.25, 0.3) is 21.8 Å². The van der Waals surface area contributed by atoms with Gasteiger partial charge in [-0.2, -0.15) is 0 Å². The number of aromatic nitrogens is 2. The molecule has 0 atom stereocenters. The van der Waals surface area contributed by atoms with E-state index in [1.54, 1.807) is 26.6 Å². The van der Waals surface area contributed by atoms with E-state index in [9.17, 15) is 9.59 Å². The van der Waals surface area contributed by atoms with E-state index >= 15 is 0 Å². The molecule has 2 heterocycles. The number of anilines is 2. The number of carbonyl (C=O) groups excluding carboxylic acids is 2. The van der Waals surface area contributed by atoms with Crippen LogP contribution in [0.2, 0.25) is 5.02 Å². The lowest BCUT2D eigenvalue weighted by atomic mass is 9.83. The molecule has 2 saturated carbocycles. The molecule has 49 heavy (non-hydrogen) atoms. The van der Waals surface area contributed by atoms with Gasteiger partial charge < -0.3 is 14.8 Å². The molecule has 2 fully saturated rings. The average molecular weight is 678 g/mol. The van der Waals surface area contributed by atoms with Crippen molar-refractivity contribution in [3.05, 3.63) is 94.8 Å². The lowest BCUT2D eigenvalue weighted by Crippen LogP contribution is -2.19. The third-order valence-electron chi connectivity index (χ3n) is 9.98. The Morgan fingerprint density at radius 3 is 1.76 bits per heavy atom. The zero-order chi connectivity index (χ0) is 34.3. The Bertz CT molecular complexity index is 1960. The van der Waals surface area contributed by atoms with Crippen molar-refractivity contribution in [2.75, 3.05) is 19.5 Å². The van der Waals surface area contributed by atoms with E-state index in [0.717, 1.165) is 84.6 Å². The maximum Gasteiger partial charge on any atom is 0.169 e. The van der Waals surface area contributed by atoms with Crippen LogP contribution in [-0.2, 0) is 0 Å². The van der Waals surface area contributed by atoms with Gasteiger partial charge in [0.25, 0.3) is 0 Å². The first-order valence-electron chi connectivity index (χ1n) is 17.4. The number of halogens is 1. The highest BCUT2D eigenvalue weighted by atomic mass is 35.5. The number of ketones is 2. The Labute approximate surface area is 293 Å². The van der Waals surface area contributed by atoms with Crippen molar-refractivity contribution >= 4 is 56.3 Å². The summed E-state index contributed by atoms with van der Waals surface area (Å²) >= 11 is 6.47. The Hall–Kier alpha value is -4.49. The SMILES string of the molecule is COc1cccc2c(Cl)c(C(=O)C3CCCCC3)cnc12.COc1cccc2c(Nc3ccccc3C)c(C(=O)C3CCCCC3)cnc12. The van der Waals surface area contributed by atoms with Crippen LogP contribution in [0.4, 0.5) is 11.4 Å². The zero-order valence-electron chi connectivity index (χ0n) is 28.6. The molecule has 3 aromatic carbocycles. The minimum Gasteiger partial charge on any atom is -0.494 e. The number of hydrogen-bond donors (Lipinski definition) is 1. The number of para-hydroxylation sites is 3. The maximum absolute atomic E-state index is 13.4. The Morgan fingerprint density at radius 2 is 1.18 bits per heavy atom. The molecule has 0 saturated heterocycles. The first-order chi connectivity index (χ1) is 23.9. The predicted molar refractivity (Wildman–Crippen MR) is 198 cm³/mol. The molecule has 1 N–H and O–H groups in total. The molecule has 0 amide bonds. The topological polar surface area (TPSA) is 90.4 Å². The minimum atomic E-state index is 0.0935. The summed E-state index contributed by atoms with van der Waals surface area (Å²) in [5, 5.41) is 5.72. The summed E-state index contributed by atoms with van der Waals surface area (Å²) in [6.07, 6.45) is 14.2. The number of fused-ring (bicyclic) bond motifs is 2. The number of ether oxygens (including phenoxy) is 2. The number of rotatable bonds is 8. The number of Topliss-reactive ketones (excluding diaryl/α,β-unsaturated/α-hetero) is 2. The number of nitrogens with one attached hydrogen (secondary N) is 1. The molecular formula is C41H44ClN3O4. The summed E-state index contributed by atoms with van der Waals surface area (Å²) in [4.78, 5) is 35.1. The molecule has 0 radical (unpaired) electrons. The molecule has 2 aromatic heterocycles. The van der Waals surface area contributed by atoms with Gasteiger partial charge in [-0.25, -0.2) is 0 Å². The highest BCUT2D eigenvalue weighted by Gasteiger charge is 2.27. The maximum atomic E-state index is 13.4. The fourth-order valence-corrected chi connectivity index (χ4v) is 7.49. The van der Waals surface area contributed by atoms with Gasteiger partial charge in [-0.1, -0.05) is 92.6 Å². The van der Waals surface area contributed by atoms with Crippen molar-refractivity contribution in [2.45, 2.75) is 71.1 Å². The fraction of sp³-hybridized carbons (Fsp3) is 0.366. The summed E-state index contributed by atoms with van der Waals surface area (Å²) in [7, 11) is 3.25. The van der Waals surface area contributed by atoms with Crippen LogP contribution in [0.3, 0.4) is 0 Å². The summed E-state index contributed by atoms with van der Waals surface area (Å²) < 4.78 is 10.8. The van der Waals surface area contributed by atoms with E-state index in [-0.39, 0.29) is 23.4 Å². The van der Waals surface area contributed by atoms with Crippen molar-refractivity contribution in [3.8, 4) is 11.5 Å². The monoisotopic (exact) mass is 677 g/mol. The van der Waals surface area contributed by atoms with Crippen LogP contribution < -0.4 is 14.8 Å². The third kappa shape index (κ3) is 7.42. The molecule has 7 rings (SSSR count). The summed E-state index contributed by atoms with van der Waals surface area (Å²) in [5.41, 5.74) is 5.64. The molecule has 0 aliphatic heterocycles. The number of pyridine rings is 2. The summed E-state index contributed by atoms with van der Waals surface area (Å²) in [6.45, 7) is 2.06. The standard InChI is InChI=1S/C24H26N2O2.C17H18ClNO2/c1-16-9-6-7-13-20(16)26-22-18-12-8-14-21(28-2)23(18)25-15-19(22)24(27)17-10-4-3-5-11-17;1-21-14-9-5-8-12-15(18)13(10-19-16(12)14)17(20)11-6-3-2-4-7-11/h6-9,12-15,17H,3-5,10-11H2,1-2H3,(H,25,26);5,8-11H,2-4,6-7H2,1H3. The van der Waals surface area contributed by atoms with Gasteiger partial charge >= 0.3 is 0 Å². The summed E-state index contributed by atoms with van der Waals surface area (Å²) in [5.74, 6) is 1.91. The van der Waals surface area contributed by atoms with Gasteiger partial charge in [0.1, 0.15) is 22.5 Å². The van der Waals surface area contributed by atoms with Crippen LogP contribution in [-0.4, -0.2) is 35.8 Å². The lowest BCUT2D eigenvalue weighted by Gasteiger charge is -2.23. The number of carbonyl (C=O) groups is 2. The predicted octanol–water partition coefficient (Wildman–Crippen LogP) is 10.7. The van der Waals surface area contributed by atoms with Crippen LogP contribution in [0.1, 0.15) is 90.5 Å². The molecule has 8 heteroatoms. The van der Waals surface area contributed by atoms with Gasteiger partial charge in [0, 0.05) is 40.7 Å². The van der Waals surface area contributed by atoms with Crippen LogP contribution in [0, 0.1) is 18.8 Å². The van der Waals surface area contributed by atoms with E-state index < -0.39 is 0 Å².